The molecule has 0 heterocycles. The maximum absolute atomic E-state index is 14.0. The lowest BCUT2D eigenvalue weighted by molar-refractivity contribution is 0.199. The minimum absolute atomic E-state index is 0.242. The molecule has 0 aliphatic heterocycles. The molecule has 0 aromatic heterocycles. The fourth-order valence-corrected chi connectivity index (χ4v) is 2.94. The van der Waals surface area contributed by atoms with Crippen LogP contribution >= 0.6 is 0 Å². The lowest BCUT2D eigenvalue weighted by Crippen LogP contribution is -2.26. The van der Waals surface area contributed by atoms with Crippen LogP contribution in [0.15, 0.2) is 18.2 Å². The van der Waals surface area contributed by atoms with Gasteiger partial charge in [0.05, 0.1) is 11.8 Å². The maximum atomic E-state index is 14.0. The minimum Gasteiger partial charge on any atom is -0.389 e. The van der Waals surface area contributed by atoms with Crippen LogP contribution < -0.4 is 4.90 Å². The van der Waals surface area contributed by atoms with E-state index in [0.29, 0.717) is 17.2 Å². The van der Waals surface area contributed by atoms with E-state index in [-0.39, 0.29) is 5.82 Å². The molecule has 0 saturated heterocycles. The Hall–Kier alpha value is -1.09. The first-order chi connectivity index (χ1) is 8.59. The number of aliphatic hydroxyl groups is 1. The second-order valence-electron chi connectivity index (χ2n) is 5.38. The highest BCUT2D eigenvalue weighted by Crippen LogP contribution is 2.31. The molecule has 1 fully saturated rings. The molecule has 1 aliphatic rings. The molecule has 2 rings (SSSR count). The van der Waals surface area contributed by atoms with E-state index in [4.69, 9.17) is 0 Å². The number of benzene rings is 1. The van der Waals surface area contributed by atoms with Gasteiger partial charge in [-0.1, -0.05) is 25.0 Å². The van der Waals surface area contributed by atoms with Crippen LogP contribution in [-0.4, -0.2) is 18.7 Å². The van der Waals surface area contributed by atoms with E-state index in [2.05, 4.69) is 0 Å². The van der Waals surface area contributed by atoms with Crippen molar-refractivity contribution in [2.75, 3.05) is 18.5 Å². The Morgan fingerprint density at radius 3 is 2.67 bits per heavy atom. The van der Waals surface area contributed by atoms with Crippen molar-refractivity contribution in [3.8, 4) is 0 Å². The first-order valence-electron chi connectivity index (χ1n) is 6.77. The van der Waals surface area contributed by atoms with Crippen molar-refractivity contribution >= 4 is 5.69 Å². The summed E-state index contributed by atoms with van der Waals surface area (Å²) in [4.78, 5) is 1.97. The SMILES string of the molecule is C[C@@H](O)c1cccc(F)c1N(C)CC1CCCC1. The van der Waals surface area contributed by atoms with Crippen LogP contribution in [0.3, 0.4) is 0 Å². The number of aliphatic hydroxyl groups excluding tert-OH is 1. The van der Waals surface area contributed by atoms with Gasteiger partial charge in [-0.3, -0.25) is 0 Å². The molecule has 3 heteroatoms. The lowest BCUT2D eigenvalue weighted by atomic mass is 10.0. The van der Waals surface area contributed by atoms with E-state index in [1.807, 2.05) is 11.9 Å². The zero-order chi connectivity index (χ0) is 13.1. The van der Waals surface area contributed by atoms with E-state index >= 15 is 0 Å². The topological polar surface area (TPSA) is 23.5 Å². The fourth-order valence-electron chi connectivity index (χ4n) is 2.94. The fraction of sp³-hybridized carbons (Fsp3) is 0.600. The van der Waals surface area contributed by atoms with Gasteiger partial charge >= 0.3 is 0 Å². The number of nitrogens with zero attached hydrogens (tertiary/aromatic N) is 1. The predicted molar refractivity (Wildman–Crippen MR) is 72.3 cm³/mol. The Morgan fingerprint density at radius 2 is 2.06 bits per heavy atom. The number of anilines is 1. The van der Waals surface area contributed by atoms with E-state index < -0.39 is 6.10 Å². The molecule has 0 spiro atoms. The van der Waals surface area contributed by atoms with Crippen LogP contribution in [0.4, 0.5) is 10.1 Å². The van der Waals surface area contributed by atoms with E-state index in [1.54, 1.807) is 19.1 Å². The van der Waals surface area contributed by atoms with Crippen molar-refractivity contribution in [3.05, 3.63) is 29.6 Å². The van der Waals surface area contributed by atoms with Gasteiger partial charge in [-0.05, 0) is 31.7 Å². The smallest absolute Gasteiger partial charge is 0.146 e. The molecule has 1 aromatic carbocycles. The van der Waals surface area contributed by atoms with E-state index in [1.165, 1.54) is 31.7 Å². The summed E-state index contributed by atoms with van der Waals surface area (Å²) in [5.41, 5.74) is 1.23. The van der Waals surface area contributed by atoms with Crippen LogP contribution in [-0.2, 0) is 0 Å². The van der Waals surface area contributed by atoms with E-state index in [0.717, 1.165) is 6.54 Å². The molecule has 1 N–H and O–H groups in total. The number of rotatable bonds is 4. The number of hydrogen-bond acceptors (Lipinski definition) is 2. The van der Waals surface area contributed by atoms with Gasteiger partial charge in [0.15, 0.2) is 0 Å². The molecule has 0 amide bonds. The molecular weight excluding hydrogens is 229 g/mol. The molecule has 0 unspecified atom stereocenters. The van der Waals surface area contributed by atoms with Crippen molar-refractivity contribution in [2.45, 2.75) is 38.7 Å². The highest BCUT2D eigenvalue weighted by atomic mass is 19.1. The van der Waals surface area contributed by atoms with Crippen molar-refractivity contribution in [3.63, 3.8) is 0 Å². The van der Waals surface area contributed by atoms with Crippen LogP contribution in [0, 0.1) is 11.7 Å². The second kappa shape index (κ2) is 5.70. The molecule has 1 atom stereocenters. The van der Waals surface area contributed by atoms with Gasteiger partial charge in [0, 0.05) is 19.2 Å². The predicted octanol–water partition coefficient (Wildman–Crippen LogP) is 3.51. The highest BCUT2D eigenvalue weighted by molar-refractivity contribution is 5.55. The van der Waals surface area contributed by atoms with Crippen molar-refractivity contribution < 1.29 is 9.50 Å². The third-order valence-electron chi connectivity index (χ3n) is 3.86. The molecular formula is C15H22FNO. The van der Waals surface area contributed by atoms with Gasteiger partial charge in [0.2, 0.25) is 0 Å². The summed E-state index contributed by atoms with van der Waals surface area (Å²) in [7, 11) is 1.92. The van der Waals surface area contributed by atoms with Crippen molar-refractivity contribution in [1.29, 1.82) is 0 Å². The van der Waals surface area contributed by atoms with Crippen LogP contribution in [0.25, 0.3) is 0 Å². The van der Waals surface area contributed by atoms with Gasteiger partial charge in [0.1, 0.15) is 5.82 Å². The van der Waals surface area contributed by atoms with Gasteiger partial charge in [0.25, 0.3) is 0 Å². The molecule has 1 saturated carbocycles. The van der Waals surface area contributed by atoms with Gasteiger partial charge in [-0.15, -0.1) is 0 Å². The molecule has 2 nitrogen and oxygen atoms in total. The monoisotopic (exact) mass is 251 g/mol. The molecule has 0 radical (unpaired) electrons. The van der Waals surface area contributed by atoms with Crippen molar-refractivity contribution in [1.82, 2.24) is 0 Å². The zero-order valence-electron chi connectivity index (χ0n) is 11.2. The van der Waals surface area contributed by atoms with E-state index in [9.17, 15) is 9.50 Å². The highest BCUT2D eigenvalue weighted by Gasteiger charge is 2.21. The molecule has 0 bridgehead atoms. The van der Waals surface area contributed by atoms with Crippen LogP contribution in [0.1, 0.15) is 44.3 Å². The summed E-state index contributed by atoms with van der Waals surface area (Å²) in [5.74, 6) is 0.422. The first kappa shape index (κ1) is 13.3. The minimum atomic E-state index is -0.637. The molecule has 100 valence electrons. The number of para-hydroxylation sites is 1. The van der Waals surface area contributed by atoms with Crippen LogP contribution in [0.2, 0.25) is 0 Å². The summed E-state index contributed by atoms with van der Waals surface area (Å²) in [6.07, 6.45) is 4.42. The normalized spacial score (nSPS) is 18.0. The Morgan fingerprint density at radius 1 is 1.39 bits per heavy atom. The molecule has 18 heavy (non-hydrogen) atoms. The molecule has 1 aliphatic carbocycles. The Labute approximate surface area is 108 Å². The Bertz CT molecular complexity index is 399. The number of hydrogen-bond donors (Lipinski definition) is 1. The summed E-state index contributed by atoms with van der Waals surface area (Å²) in [6, 6.07) is 4.92. The van der Waals surface area contributed by atoms with Gasteiger partial charge in [-0.2, -0.15) is 0 Å². The summed E-state index contributed by atoms with van der Waals surface area (Å²) >= 11 is 0. The van der Waals surface area contributed by atoms with Crippen LogP contribution in [0.5, 0.6) is 0 Å². The van der Waals surface area contributed by atoms with Gasteiger partial charge < -0.3 is 10.0 Å². The summed E-state index contributed by atoms with van der Waals surface area (Å²) < 4.78 is 14.0. The number of halogens is 1. The summed E-state index contributed by atoms with van der Waals surface area (Å²) in [6.45, 7) is 2.56. The average molecular weight is 251 g/mol. The van der Waals surface area contributed by atoms with Crippen molar-refractivity contribution in [2.24, 2.45) is 5.92 Å². The average Bonchev–Trinajstić information content (AvgIpc) is 2.81. The van der Waals surface area contributed by atoms with Gasteiger partial charge in [-0.25, -0.2) is 4.39 Å². The zero-order valence-corrected chi connectivity index (χ0v) is 11.2. The maximum Gasteiger partial charge on any atom is 0.146 e. The lowest BCUT2D eigenvalue weighted by Gasteiger charge is -2.26. The summed E-state index contributed by atoms with van der Waals surface area (Å²) in [5, 5.41) is 9.75. The largest absolute Gasteiger partial charge is 0.389 e. The third kappa shape index (κ3) is 2.83. The third-order valence-corrected chi connectivity index (χ3v) is 3.86. The standard InChI is InChI=1S/C15H22FNO/c1-11(18)13-8-5-9-14(16)15(13)17(2)10-12-6-3-4-7-12/h5,8-9,11-12,18H,3-4,6-7,10H2,1-2H3/t11-/m1/s1. The Kier molecular flexibility index (Phi) is 4.23. The first-order valence-corrected chi connectivity index (χ1v) is 6.77. The Balaban J connectivity index is 2.19. The second-order valence-corrected chi connectivity index (χ2v) is 5.38. The molecule has 1 aromatic rings. The quantitative estimate of drug-likeness (QED) is 0.885.